The Labute approximate surface area is 149 Å². The van der Waals surface area contributed by atoms with Crippen molar-refractivity contribution >= 4 is 28.2 Å². The fourth-order valence-electron chi connectivity index (χ4n) is 3.39. The summed E-state index contributed by atoms with van der Waals surface area (Å²) in [5.74, 6) is 0.546. The van der Waals surface area contributed by atoms with Crippen LogP contribution in [0, 0.1) is 18.8 Å². The van der Waals surface area contributed by atoms with Crippen LogP contribution < -0.4 is 5.32 Å². The Bertz CT molecular complexity index is 559. The summed E-state index contributed by atoms with van der Waals surface area (Å²) < 4.78 is 5.08. The van der Waals surface area contributed by atoms with Crippen molar-refractivity contribution in [1.82, 2.24) is 0 Å². The van der Waals surface area contributed by atoms with E-state index in [4.69, 9.17) is 4.74 Å². The number of esters is 1. The highest BCUT2D eigenvalue weighted by Crippen LogP contribution is 2.34. The standard InChI is InChI=1S/C19H29NO3S/c1-4-6-7-14-8-10-15(11-9-14)17(21)20-18-16(12-13(3)24-18)19(22)23-5-2/h12,14-15H,4-11H2,1-3H3,(H,20,21). The first kappa shape index (κ1) is 19.0. The molecule has 1 heterocycles. The van der Waals surface area contributed by atoms with Crippen LogP contribution in [0.2, 0.25) is 0 Å². The number of aryl methyl sites for hydroxylation is 1. The van der Waals surface area contributed by atoms with Crippen molar-refractivity contribution in [3.63, 3.8) is 0 Å². The molecule has 0 aromatic carbocycles. The van der Waals surface area contributed by atoms with Crippen LogP contribution in [0.25, 0.3) is 0 Å². The van der Waals surface area contributed by atoms with Crippen LogP contribution in [-0.2, 0) is 9.53 Å². The topological polar surface area (TPSA) is 55.4 Å². The molecule has 1 N–H and O–H groups in total. The molecule has 5 heteroatoms. The minimum absolute atomic E-state index is 0.0522. The fourth-order valence-corrected chi connectivity index (χ4v) is 4.29. The molecule has 0 unspecified atom stereocenters. The van der Waals surface area contributed by atoms with E-state index >= 15 is 0 Å². The molecule has 1 aliphatic rings. The van der Waals surface area contributed by atoms with Crippen molar-refractivity contribution in [2.75, 3.05) is 11.9 Å². The molecule has 1 aromatic rings. The number of anilines is 1. The molecule has 1 aliphatic carbocycles. The van der Waals surface area contributed by atoms with Crippen LogP contribution in [0.3, 0.4) is 0 Å². The summed E-state index contributed by atoms with van der Waals surface area (Å²) in [4.78, 5) is 25.6. The third-order valence-corrected chi connectivity index (χ3v) is 5.74. The maximum atomic E-state index is 12.6. The predicted octanol–water partition coefficient (Wildman–Crippen LogP) is 5.17. The Morgan fingerprint density at radius 2 is 1.96 bits per heavy atom. The largest absolute Gasteiger partial charge is 0.462 e. The first-order valence-electron chi connectivity index (χ1n) is 9.13. The van der Waals surface area contributed by atoms with Gasteiger partial charge in [-0.25, -0.2) is 4.79 Å². The smallest absolute Gasteiger partial charge is 0.341 e. The molecule has 0 radical (unpaired) electrons. The predicted molar refractivity (Wildman–Crippen MR) is 98.6 cm³/mol. The Hall–Kier alpha value is -1.36. The van der Waals surface area contributed by atoms with Crippen LogP contribution >= 0.6 is 11.3 Å². The van der Waals surface area contributed by atoms with Crippen molar-refractivity contribution in [3.8, 4) is 0 Å². The molecule has 1 saturated carbocycles. The summed E-state index contributed by atoms with van der Waals surface area (Å²) in [6.07, 6.45) is 8.03. The van der Waals surface area contributed by atoms with Crippen molar-refractivity contribution in [3.05, 3.63) is 16.5 Å². The van der Waals surface area contributed by atoms with Gasteiger partial charge in [0.15, 0.2) is 0 Å². The first-order valence-corrected chi connectivity index (χ1v) is 9.95. The molecule has 0 bridgehead atoms. The first-order chi connectivity index (χ1) is 11.5. The quantitative estimate of drug-likeness (QED) is 0.690. The summed E-state index contributed by atoms with van der Waals surface area (Å²) in [5, 5.41) is 3.61. The number of carbonyl (C=O) groups is 2. The normalized spacial score (nSPS) is 20.6. The van der Waals surface area contributed by atoms with Crippen LogP contribution in [0.1, 0.15) is 74.0 Å². The van der Waals surface area contributed by atoms with E-state index in [-0.39, 0.29) is 17.8 Å². The maximum Gasteiger partial charge on any atom is 0.341 e. The van der Waals surface area contributed by atoms with Gasteiger partial charge in [-0.2, -0.15) is 0 Å². The van der Waals surface area contributed by atoms with E-state index in [0.717, 1.165) is 36.5 Å². The van der Waals surface area contributed by atoms with E-state index in [1.165, 1.54) is 30.6 Å². The van der Waals surface area contributed by atoms with E-state index in [9.17, 15) is 9.59 Å². The average Bonchev–Trinajstić information content (AvgIpc) is 2.94. The number of amides is 1. The van der Waals surface area contributed by atoms with Gasteiger partial charge in [0.25, 0.3) is 0 Å². The Morgan fingerprint density at radius 1 is 1.25 bits per heavy atom. The monoisotopic (exact) mass is 351 g/mol. The van der Waals surface area contributed by atoms with Gasteiger partial charge in [0.05, 0.1) is 12.2 Å². The lowest BCUT2D eigenvalue weighted by Gasteiger charge is -2.27. The summed E-state index contributed by atoms with van der Waals surface area (Å²) in [6.45, 7) is 6.28. The highest BCUT2D eigenvalue weighted by Gasteiger charge is 2.27. The van der Waals surface area contributed by atoms with Crippen molar-refractivity contribution in [1.29, 1.82) is 0 Å². The highest BCUT2D eigenvalue weighted by atomic mass is 32.1. The number of hydrogen-bond acceptors (Lipinski definition) is 4. The van der Waals surface area contributed by atoms with Gasteiger partial charge in [0, 0.05) is 10.8 Å². The number of unbranched alkanes of at least 4 members (excludes halogenated alkanes) is 1. The van der Waals surface area contributed by atoms with Gasteiger partial charge in [-0.15, -0.1) is 11.3 Å². The number of hydrogen-bond donors (Lipinski definition) is 1. The summed E-state index contributed by atoms with van der Waals surface area (Å²) in [6, 6.07) is 1.79. The van der Waals surface area contributed by atoms with Gasteiger partial charge in [-0.05, 0) is 51.5 Å². The average molecular weight is 352 g/mol. The molecule has 134 valence electrons. The molecule has 0 spiro atoms. The van der Waals surface area contributed by atoms with Crippen molar-refractivity contribution in [2.45, 2.75) is 65.7 Å². The second kappa shape index (κ2) is 9.21. The van der Waals surface area contributed by atoms with Gasteiger partial charge in [-0.3, -0.25) is 4.79 Å². The van der Waals surface area contributed by atoms with Crippen molar-refractivity contribution in [2.24, 2.45) is 11.8 Å². The molecule has 2 rings (SSSR count). The van der Waals surface area contributed by atoms with E-state index in [1.54, 1.807) is 13.0 Å². The van der Waals surface area contributed by atoms with E-state index in [2.05, 4.69) is 12.2 Å². The number of thiophene rings is 1. The van der Waals surface area contributed by atoms with E-state index < -0.39 is 0 Å². The lowest BCUT2D eigenvalue weighted by molar-refractivity contribution is -0.121. The zero-order valence-electron chi connectivity index (χ0n) is 15.0. The number of nitrogens with one attached hydrogen (secondary N) is 1. The van der Waals surface area contributed by atoms with Gasteiger partial charge in [0.2, 0.25) is 5.91 Å². The second-order valence-electron chi connectivity index (χ2n) is 6.67. The molecule has 0 aliphatic heterocycles. The third-order valence-electron chi connectivity index (χ3n) is 4.77. The van der Waals surface area contributed by atoms with Crippen LogP contribution in [-0.4, -0.2) is 18.5 Å². The SMILES string of the molecule is CCCCC1CCC(C(=O)Nc2sc(C)cc2C(=O)OCC)CC1. The van der Waals surface area contributed by atoms with Crippen LogP contribution in [0.15, 0.2) is 6.07 Å². The van der Waals surface area contributed by atoms with Gasteiger partial charge in [0.1, 0.15) is 5.00 Å². The Balaban J connectivity index is 1.92. The number of rotatable bonds is 7. The molecule has 1 aromatic heterocycles. The maximum absolute atomic E-state index is 12.6. The zero-order chi connectivity index (χ0) is 17.5. The number of ether oxygens (including phenoxy) is 1. The molecular formula is C19H29NO3S. The fraction of sp³-hybridized carbons (Fsp3) is 0.684. The summed E-state index contributed by atoms with van der Waals surface area (Å²) in [5.41, 5.74) is 0.476. The van der Waals surface area contributed by atoms with Crippen molar-refractivity contribution < 1.29 is 14.3 Å². The molecule has 1 fully saturated rings. The van der Waals surface area contributed by atoms with E-state index in [1.807, 2.05) is 6.92 Å². The van der Waals surface area contributed by atoms with Gasteiger partial charge in [-0.1, -0.05) is 26.2 Å². The van der Waals surface area contributed by atoms with E-state index in [0.29, 0.717) is 17.2 Å². The Kier molecular flexibility index (Phi) is 7.28. The minimum atomic E-state index is -0.361. The molecule has 4 nitrogen and oxygen atoms in total. The van der Waals surface area contributed by atoms with Gasteiger partial charge < -0.3 is 10.1 Å². The molecule has 1 amide bonds. The molecule has 24 heavy (non-hydrogen) atoms. The Morgan fingerprint density at radius 3 is 2.58 bits per heavy atom. The zero-order valence-corrected chi connectivity index (χ0v) is 15.8. The third kappa shape index (κ3) is 5.07. The number of carbonyl (C=O) groups excluding carboxylic acids is 2. The van der Waals surface area contributed by atoms with Gasteiger partial charge >= 0.3 is 5.97 Å². The lowest BCUT2D eigenvalue weighted by Crippen LogP contribution is -2.27. The molecular weight excluding hydrogens is 322 g/mol. The molecule has 0 atom stereocenters. The summed E-state index contributed by atoms with van der Waals surface area (Å²) in [7, 11) is 0. The lowest BCUT2D eigenvalue weighted by atomic mass is 9.79. The molecule has 0 saturated heterocycles. The minimum Gasteiger partial charge on any atom is -0.462 e. The van der Waals surface area contributed by atoms with Crippen LogP contribution in [0.4, 0.5) is 5.00 Å². The van der Waals surface area contributed by atoms with Crippen LogP contribution in [0.5, 0.6) is 0 Å². The summed E-state index contributed by atoms with van der Waals surface area (Å²) >= 11 is 1.44. The highest BCUT2D eigenvalue weighted by molar-refractivity contribution is 7.16. The second-order valence-corrected chi connectivity index (χ2v) is 7.93.